The summed E-state index contributed by atoms with van der Waals surface area (Å²) < 4.78 is 0. The van der Waals surface area contributed by atoms with Crippen LogP contribution in [-0.4, -0.2) is 11.7 Å². The predicted molar refractivity (Wildman–Crippen MR) is 63.2 cm³/mol. The fourth-order valence-electron chi connectivity index (χ4n) is 1.50. The zero-order chi connectivity index (χ0) is 12.3. The third kappa shape index (κ3) is 2.59. The number of carbonyl (C=O) groups excluding carboxylic acids is 2. The number of ketones is 1. The fraction of sp³-hybridized carbons (Fsp3) is 0.333. The number of anilines is 1. The smallest absolute Gasteiger partial charge is 0.250 e. The third-order valence-electron chi connectivity index (χ3n) is 2.27. The monoisotopic (exact) mass is 220 g/mol. The van der Waals surface area contributed by atoms with Crippen molar-refractivity contribution in [1.82, 2.24) is 0 Å². The molecule has 0 saturated heterocycles. The lowest BCUT2D eigenvalue weighted by molar-refractivity contribution is 0.0968. The summed E-state index contributed by atoms with van der Waals surface area (Å²) in [7, 11) is 0. The van der Waals surface area contributed by atoms with Gasteiger partial charge >= 0.3 is 0 Å². The van der Waals surface area contributed by atoms with E-state index in [9.17, 15) is 9.59 Å². The minimum absolute atomic E-state index is 0.0596. The van der Waals surface area contributed by atoms with Gasteiger partial charge in [-0.1, -0.05) is 19.9 Å². The van der Waals surface area contributed by atoms with E-state index in [0.29, 0.717) is 12.0 Å². The summed E-state index contributed by atoms with van der Waals surface area (Å²) in [6.45, 7) is 3.90. The summed E-state index contributed by atoms with van der Waals surface area (Å²) in [5.41, 5.74) is 11.7. The second-order valence-electron chi connectivity index (χ2n) is 4.15. The number of hydrogen-bond donors (Lipinski definition) is 2. The van der Waals surface area contributed by atoms with Crippen LogP contribution >= 0.6 is 0 Å². The molecule has 0 aliphatic heterocycles. The Kier molecular flexibility index (Phi) is 3.66. The summed E-state index contributed by atoms with van der Waals surface area (Å²) in [5.74, 6) is -0.420. The van der Waals surface area contributed by atoms with Crippen LogP contribution in [0.15, 0.2) is 18.2 Å². The maximum Gasteiger partial charge on any atom is 0.250 e. The number of nitrogen functional groups attached to an aromatic ring is 1. The number of nitrogens with two attached hydrogens (primary N) is 2. The van der Waals surface area contributed by atoms with Gasteiger partial charge in [-0.15, -0.1) is 0 Å². The molecule has 86 valence electrons. The Morgan fingerprint density at radius 2 is 1.81 bits per heavy atom. The molecule has 4 nitrogen and oxygen atoms in total. The molecule has 0 aliphatic carbocycles. The maximum atomic E-state index is 11.8. The van der Waals surface area contributed by atoms with Crippen LogP contribution in [0.2, 0.25) is 0 Å². The summed E-state index contributed by atoms with van der Waals surface area (Å²) >= 11 is 0. The van der Waals surface area contributed by atoms with E-state index in [4.69, 9.17) is 11.5 Å². The van der Waals surface area contributed by atoms with E-state index < -0.39 is 5.91 Å². The SMILES string of the molecule is CC(C)CC(=O)c1cccc(C(N)=O)c1N. The summed E-state index contributed by atoms with van der Waals surface area (Å²) in [6, 6.07) is 4.75. The van der Waals surface area contributed by atoms with Gasteiger partial charge in [0.2, 0.25) is 0 Å². The van der Waals surface area contributed by atoms with Crippen LogP contribution in [0.1, 0.15) is 41.0 Å². The molecule has 1 aromatic carbocycles. The Bertz CT molecular complexity index is 425. The second-order valence-corrected chi connectivity index (χ2v) is 4.15. The number of amides is 1. The Hall–Kier alpha value is -1.84. The minimum Gasteiger partial charge on any atom is -0.397 e. The van der Waals surface area contributed by atoms with E-state index in [1.54, 1.807) is 12.1 Å². The lowest BCUT2D eigenvalue weighted by atomic mass is 9.97. The van der Waals surface area contributed by atoms with Crippen molar-refractivity contribution in [3.63, 3.8) is 0 Å². The first kappa shape index (κ1) is 12.2. The fourth-order valence-corrected chi connectivity index (χ4v) is 1.50. The Labute approximate surface area is 94.6 Å². The summed E-state index contributed by atoms with van der Waals surface area (Å²) in [4.78, 5) is 22.9. The van der Waals surface area contributed by atoms with Crippen molar-refractivity contribution in [2.75, 3.05) is 5.73 Å². The van der Waals surface area contributed by atoms with Crippen LogP contribution < -0.4 is 11.5 Å². The van der Waals surface area contributed by atoms with Crippen LogP contribution in [-0.2, 0) is 0 Å². The lowest BCUT2D eigenvalue weighted by Gasteiger charge is -2.09. The number of Topliss-reactive ketones (excluding diaryl/α,β-unsaturated/α-hetero) is 1. The molecule has 0 atom stereocenters. The molecular weight excluding hydrogens is 204 g/mol. The van der Waals surface area contributed by atoms with Gasteiger partial charge in [-0.05, 0) is 18.1 Å². The molecule has 1 rings (SSSR count). The van der Waals surface area contributed by atoms with E-state index in [1.165, 1.54) is 6.07 Å². The average molecular weight is 220 g/mol. The molecule has 0 radical (unpaired) electrons. The van der Waals surface area contributed by atoms with Gasteiger partial charge in [0, 0.05) is 12.0 Å². The van der Waals surface area contributed by atoms with Crippen molar-refractivity contribution in [3.05, 3.63) is 29.3 Å². The number of rotatable bonds is 4. The van der Waals surface area contributed by atoms with E-state index in [2.05, 4.69) is 0 Å². The van der Waals surface area contributed by atoms with Crippen molar-refractivity contribution in [2.45, 2.75) is 20.3 Å². The first-order valence-electron chi connectivity index (χ1n) is 5.15. The summed E-state index contributed by atoms with van der Waals surface area (Å²) in [6.07, 6.45) is 0.409. The van der Waals surface area contributed by atoms with E-state index in [1.807, 2.05) is 13.8 Å². The molecular formula is C12H16N2O2. The highest BCUT2D eigenvalue weighted by atomic mass is 16.1. The normalized spacial score (nSPS) is 10.4. The molecule has 1 amide bonds. The topological polar surface area (TPSA) is 86.2 Å². The Morgan fingerprint density at radius 3 is 2.31 bits per heavy atom. The van der Waals surface area contributed by atoms with Crippen molar-refractivity contribution in [1.29, 1.82) is 0 Å². The van der Waals surface area contributed by atoms with E-state index in [0.717, 1.165) is 0 Å². The van der Waals surface area contributed by atoms with Crippen LogP contribution in [0.25, 0.3) is 0 Å². The third-order valence-corrected chi connectivity index (χ3v) is 2.27. The molecule has 0 heterocycles. The van der Waals surface area contributed by atoms with Crippen LogP contribution in [0.5, 0.6) is 0 Å². The van der Waals surface area contributed by atoms with Gasteiger partial charge in [0.1, 0.15) is 0 Å². The number of para-hydroxylation sites is 1. The molecule has 0 aromatic heterocycles. The Balaban J connectivity index is 3.10. The van der Waals surface area contributed by atoms with Gasteiger partial charge in [0.15, 0.2) is 5.78 Å². The highest BCUT2D eigenvalue weighted by Crippen LogP contribution is 2.20. The second kappa shape index (κ2) is 4.79. The van der Waals surface area contributed by atoms with Crippen molar-refractivity contribution < 1.29 is 9.59 Å². The zero-order valence-electron chi connectivity index (χ0n) is 9.49. The number of carbonyl (C=O) groups is 2. The molecule has 0 bridgehead atoms. The van der Waals surface area contributed by atoms with Gasteiger partial charge in [-0.2, -0.15) is 0 Å². The lowest BCUT2D eigenvalue weighted by Crippen LogP contribution is -2.16. The van der Waals surface area contributed by atoms with Gasteiger partial charge in [-0.3, -0.25) is 9.59 Å². The predicted octanol–water partition coefficient (Wildman–Crippen LogP) is 1.60. The number of hydrogen-bond acceptors (Lipinski definition) is 3. The summed E-state index contributed by atoms with van der Waals surface area (Å²) in [5, 5.41) is 0. The molecule has 0 fully saturated rings. The molecule has 0 aliphatic rings. The van der Waals surface area contributed by atoms with Crippen LogP contribution in [0, 0.1) is 5.92 Å². The molecule has 4 N–H and O–H groups in total. The molecule has 0 unspecified atom stereocenters. The van der Waals surface area contributed by atoms with Crippen molar-refractivity contribution >= 4 is 17.4 Å². The molecule has 16 heavy (non-hydrogen) atoms. The van der Waals surface area contributed by atoms with Gasteiger partial charge in [0.05, 0.1) is 11.3 Å². The number of benzene rings is 1. The maximum absolute atomic E-state index is 11.8. The quantitative estimate of drug-likeness (QED) is 0.596. The van der Waals surface area contributed by atoms with Gasteiger partial charge < -0.3 is 11.5 Å². The van der Waals surface area contributed by atoms with Crippen LogP contribution in [0.4, 0.5) is 5.69 Å². The van der Waals surface area contributed by atoms with Crippen molar-refractivity contribution in [2.24, 2.45) is 11.7 Å². The molecule has 0 saturated carbocycles. The van der Waals surface area contributed by atoms with Gasteiger partial charge in [-0.25, -0.2) is 0 Å². The Morgan fingerprint density at radius 1 is 1.25 bits per heavy atom. The largest absolute Gasteiger partial charge is 0.397 e. The standard InChI is InChI=1S/C12H16N2O2/c1-7(2)6-10(15)8-4-3-5-9(11(8)13)12(14)16/h3-5,7H,6,13H2,1-2H3,(H2,14,16). The number of primary amides is 1. The van der Waals surface area contributed by atoms with E-state index in [-0.39, 0.29) is 23.0 Å². The minimum atomic E-state index is -0.614. The van der Waals surface area contributed by atoms with Gasteiger partial charge in [0.25, 0.3) is 5.91 Å². The first-order chi connectivity index (χ1) is 7.43. The highest BCUT2D eigenvalue weighted by Gasteiger charge is 2.15. The zero-order valence-corrected chi connectivity index (χ0v) is 9.49. The molecule has 4 heteroatoms. The molecule has 0 spiro atoms. The van der Waals surface area contributed by atoms with Crippen molar-refractivity contribution in [3.8, 4) is 0 Å². The van der Waals surface area contributed by atoms with Crippen LogP contribution in [0.3, 0.4) is 0 Å². The first-order valence-corrected chi connectivity index (χ1v) is 5.15. The van der Waals surface area contributed by atoms with E-state index >= 15 is 0 Å². The highest BCUT2D eigenvalue weighted by molar-refractivity contribution is 6.07. The molecule has 1 aromatic rings. The average Bonchev–Trinajstić information content (AvgIpc) is 2.16.